The molecule has 1 heterocycles. The molecule has 0 saturated carbocycles. The second-order valence-electron chi connectivity index (χ2n) is 5.21. The molecule has 0 aromatic heterocycles. The molecule has 0 unspecified atom stereocenters. The molecular formula is C18H30N2O. The summed E-state index contributed by atoms with van der Waals surface area (Å²) in [5, 5.41) is 3.19. The molecule has 3 N–H and O–H groups in total. The highest BCUT2D eigenvalue weighted by Crippen LogP contribution is 2.16. The second kappa shape index (κ2) is 14.4. The lowest BCUT2D eigenvalue weighted by Crippen LogP contribution is -2.00. The van der Waals surface area contributed by atoms with E-state index in [0.717, 1.165) is 13.1 Å². The molecule has 0 radical (unpaired) electrons. The van der Waals surface area contributed by atoms with Gasteiger partial charge in [0.2, 0.25) is 0 Å². The SMILES string of the molecule is C.C=CN.C=O.CCC(C)(C)C.c1c#cc2c(c#1)CNC2. The smallest absolute Gasteiger partial charge is 0.106 e. The van der Waals surface area contributed by atoms with Crippen molar-refractivity contribution in [1.29, 1.82) is 0 Å². The van der Waals surface area contributed by atoms with Crippen LogP contribution in [0.25, 0.3) is 0 Å². The lowest BCUT2D eigenvalue weighted by molar-refractivity contribution is -0.0979. The van der Waals surface area contributed by atoms with Crippen LogP contribution in [0.5, 0.6) is 0 Å². The number of nitrogens with two attached hydrogens (primary N) is 1. The zero-order valence-corrected chi connectivity index (χ0v) is 13.1. The summed E-state index contributed by atoms with van der Waals surface area (Å²) in [6.07, 6.45) is 2.52. The van der Waals surface area contributed by atoms with Gasteiger partial charge < -0.3 is 15.8 Å². The van der Waals surface area contributed by atoms with Crippen LogP contribution in [-0.4, -0.2) is 6.79 Å². The van der Waals surface area contributed by atoms with E-state index in [0.29, 0.717) is 5.41 Å². The van der Waals surface area contributed by atoms with Crippen molar-refractivity contribution in [3.8, 4) is 0 Å². The fourth-order valence-electron chi connectivity index (χ4n) is 0.979. The van der Waals surface area contributed by atoms with Gasteiger partial charge in [-0.15, -0.1) is 0 Å². The molecule has 21 heavy (non-hydrogen) atoms. The Labute approximate surface area is 131 Å². The lowest BCUT2D eigenvalue weighted by atomic mass is 9.94. The highest BCUT2D eigenvalue weighted by molar-refractivity contribution is 5.21. The third-order valence-electron chi connectivity index (χ3n) is 2.52. The summed E-state index contributed by atoms with van der Waals surface area (Å²) in [6.45, 7) is 15.9. The molecule has 0 atom stereocenters. The van der Waals surface area contributed by atoms with E-state index in [2.05, 4.69) is 69.6 Å². The van der Waals surface area contributed by atoms with Crippen LogP contribution in [0.4, 0.5) is 0 Å². The summed E-state index contributed by atoms with van der Waals surface area (Å²) >= 11 is 0. The summed E-state index contributed by atoms with van der Waals surface area (Å²) in [7, 11) is 0. The third-order valence-corrected chi connectivity index (χ3v) is 2.52. The Balaban J connectivity index is -0.000000239. The van der Waals surface area contributed by atoms with Gasteiger partial charge in [-0.25, -0.2) is 0 Å². The first kappa shape index (κ1) is 24.1. The number of fused-ring (bicyclic) bond motifs is 1. The molecule has 0 aliphatic carbocycles. The van der Waals surface area contributed by atoms with Gasteiger partial charge in [-0.3, -0.25) is 0 Å². The molecule has 1 aliphatic heterocycles. The maximum Gasteiger partial charge on any atom is 0.106 e. The monoisotopic (exact) mass is 290 g/mol. The third kappa shape index (κ3) is 14.3. The maximum atomic E-state index is 8.00. The summed E-state index contributed by atoms with van der Waals surface area (Å²) in [6, 6.07) is 11.4. The summed E-state index contributed by atoms with van der Waals surface area (Å²) < 4.78 is 0. The van der Waals surface area contributed by atoms with E-state index < -0.39 is 0 Å². The molecule has 1 aromatic carbocycles. The highest BCUT2D eigenvalue weighted by atomic mass is 16.1. The molecule has 3 heteroatoms. The molecule has 1 aromatic rings. The Morgan fingerprint density at radius 3 is 1.71 bits per heavy atom. The van der Waals surface area contributed by atoms with Crippen LogP contribution in [0, 0.1) is 29.7 Å². The molecule has 0 spiro atoms. The standard InChI is InChI=1S/C8H5N.C6H14.C2H5N.CH2O.CH4/c1-2-4-8-6-9-5-7(8)3-1;1-5-6(2,3)4;1-2-3;1-2;/h9H,5-6H2;5H2,1-4H3;2H,1,3H2;1H2;1H4. The number of hydrogen-bond donors (Lipinski definition) is 2. The molecule has 0 bridgehead atoms. The van der Waals surface area contributed by atoms with Crippen molar-refractivity contribution < 1.29 is 4.79 Å². The van der Waals surface area contributed by atoms with Crippen molar-refractivity contribution in [1.82, 2.24) is 5.32 Å². The first-order valence-electron chi connectivity index (χ1n) is 6.51. The largest absolute Gasteiger partial charge is 0.405 e. The van der Waals surface area contributed by atoms with Crippen molar-refractivity contribution in [2.45, 2.75) is 54.6 Å². The number of hydrogen-bond acceptors (Lipinski definition) is 3. The Morgan fingerprint density at radius 1 is 1.19 bits per heavy atom. The van der Waals surface area contributed by atoms with Gasteiger partial charge >= 0.3 is 0 Å². The molecule has 1 aliphatic rings. The fourth-order valence-corrected chi connectivity index (χ4v) is 0.979. The van der Waals surface area contributed by atoms with E-state index in [1.807, 2.05) is 6.79 Å². The highest BCUT2D eigenvalue weighted by Gasteiger charge is 2.06. The second-order valence-corrected chi connectivity index (χ2v) is 5.21. The normalized spacial score (nSPS) is 10.1. The molecule has 2 rings (SSSR count). The number of rotatable bonds is 0. The van der Waals surface area contributed by atoms with Gasteiger partial charge in [0, 0.05) is 24.2 Å². The average Bonchev–Trinajstić information content (AvgIpc) is 2.90. The van der Waals surface area contributed by atoms with Crippen molar-refractivity contribution in [3.05, 3.63) is 48.2 Å². The van der Waals surface area contributed by atoms with Gasteiger partial charge in [-0.1, -0.05) is 60.3 Å². The summed E-state index contributed by atoms with van der Waals surface area (Å²) in [5.74, 6) is 0. The minimum atomic E-state index is 0. The maximum absolute atomic E-state index is 8.00. The average molecular weight is 290 g/mol. The van der Waals surface area contributed by atoms with E-state index in [4.69, 9.17) is 4.79 Å². The number of nitrogens with one attached hydrogen (secondary N) is 1. The molecule has 3 nitrogen and oxygen atoms in total. The van der Waals surface area contributed by atoms with Gasteiger partial charge in [0.25, 0.3) is 0 Å². The van der Waals surface area contributed by atoms with Crippen LogP contribution in [0.3, 0.4) is 0 Å². The van der Waals surface area contributed by atoms with Gasteiger partial charge in [0.15, 0.2) is 0 Å². The van der Waals surface area contributed by atoms with Crippen LogP contribution >= 0.6 is 0 Å². The summed E-state index contributed by atoms with van der Waals surface area (Å²) in [4.78, 5) is 8.00. The zero-order valence-electron chi connectivity index (χ0n) is 13.1. The van der Waals surface area contributed by atoms with Gasteiger partial charge in [0.1, 0.15) is 6.79 Å². The summed E-state index contributed by atoms with van der Waals surface area (Å²) in [5.41, 5.74) is 7.53. The minimum Gasteiger partial charge on any atom is -0.405 e. The van der Waals surface area contributed by atoms with Crippen LogP contribution in [0.15, 0.2) is 12.8 Å². The van der Waals surface area contributed by atoms with E-state index >= 15 is 0 Å². The Morgan fingerprint density at radius 2 is 1.48 bits per heavy atom. The van der Waals surface area contributed by atoms with Crippen LogP contribution < -0.4 is 11.1 Å². The number of carbonyl (C=O) groups excluding carboxylic acids is 1. The topological polar surface area (TPSA) is 55.1 Å². The van der Waals surface area contributed by atoms with Gasteiger partial charge in [-0.2, -0.15) is 0 Å². The van der Waals surface area contributed by atoms with Crippen LogP contribution in [0.2, 0.25) is 0 Å². The molecule has 0 fully saturated rings. The predicted molar refractivity (Wildman–Crippen MR) is 90.3 cm³/mol. The van der Waals surface area contributed by atoms with E-state index in [1.54, 1.807) is 0 Å². The molecule has 0 amide bonds. The Bertz CT molecular complexity index is 333. The van der Waals surface area contributed by atoms with E-state index in [-0.39, 0.29) is 7.43 Å². The Hall–Kier alpha value is -1.97. The van der Waals surface area contributed by atoms with Crippen molar-refractivity contribution >= 4 is 6.79 Å². The Kier molecular flexibility index (Phi) is 16.6. The molecule has 0 saturated heterocycles. The van der Waals surface area contributed by atoms with Gasteiger partial charge in [-0.05, 0) is 23.7 Å². The first-order chi connectivity index (χ1) is 9.44. The van der Waals surface area contributed by atoms with Gasteiger partial charge in [0.05, 0.1) is 0 Å². The van der Waals surface area contributed by atoms with Crippen LogP contribution in [-0.2, 0) is 17.9 Å². The van der Waals surface area contributed by atoms with E-state index in [9.17, 15) is 0 Å². The van der Waals surface area contributed by atoms with Crippen molar-refractivity contribution in [2.24, 2.45) is 11.1 Å². The zero-order chi connectivity index (χ0) is 16.0. The van der Waals surface area contributed by atoms with Crippen molar-refractivity contribution in [2.75, 3.05) is 0 Å². The number of carbonyl (C=O) groups is 1. The molecule has 118 valence electrons. The van der Waals surface area contributed by atoms with Crippen molar-refractivity contribution in [3.63, 3.8) is 0 Å². The predicted octanol–water partition coefficient (Wildman–Crippen LogP) is 3.47. The lowest BCUT2D eigenvalue weighted by Gasteiger charge is -2.12. The first-order valence-corrected chi connectivity index (χ1v) is 6.51. The minimum absolute atomic E-state index is 0. The van der Waals surface area contributed by atoms with E-state index in [1.165, 1.54) is 23.7 Å². The molecular weight excluding hydrogens is 260 g/mol. The van der Waals surface area contributed by atoms with Crippen LogP contribution in [0.1, 0.15) is 52.7 Å². The fraction of sp³-hybridized carbons (Fsp3) is 0.500. The quantitative estimate of drug-likeness (QED) is 0.769.